The van der Waals surface area contributed by atoms with Gasteiger partial charge in [-0.3, -0.25) is 37.4 Å². The number of unbranched alkanes of at least 4 members (excludes halogenated alkanes) is 1. The zero-order valence-corrected chi connectivity index (χ0v) is 36.8. The van der Waals surface area contributed by atoms with Crippen molar-refractivity contribution in [3.63, 3.8) is 0 Å². The van der Waals surface area contributed by atoms with Crippen LogP contribution >= 0.6 is 23.8 Å². The fourth-order valence-corrected chi connectivity index (χ4v) is 8.92. The number of ether oxygens (including phenoxy) is 2. The number of fused-ring (bicyclic) bond motifs is 2. The summed E-state index contributed by atoms with van der Waals surface area (Å²) in [6.07, 6.45) is 7.28. The van der Waals surface area contributed by atoms with Crippen molar-refractivity contribution >= 4 is 64.0 Å². The summed E-state index contributed by atoms with van der Waals surface area (Å²) < 4.78 is 40.4. The van der Waals surface area contributed by atoms with E-state index in [2.05, 4.69) is 53.5 Å². The van der Waals surface area contributed by atoms with Crippen molar-refractivity contribution in [2.24, 2.45) is 5.92 Å². The molecule has 3 aromatic heterocycles. The average molecular weight is 914 g/mol. The highest BCUT2D eigenvalue weighted by molar-refractivity contribution is 9.10. The molecule has 0 radical (unpaired) electrons. The molecule has 4 heterocycles. The highest BCUT2D eigenvalue weighted by Gasteiger charge is 2.67. The maximum atomic E-state index is 14.4. The predicted octanol–water partition coefficient (Wildman–Crippen LogP) is 5.42. The molecule has 1 aliphatic carbocycles. The summed E-state index contributed by atoms with van der Waals surface area (Å²) in [6.45, 7) is 4.74. The number of benzene rings is 1. The number of ketones is 1. The van der Waals surface area contributed by atoms with E-state index in [0.717, 1.165) is 31.2 Å². The zero-order valence-electron chi connectivity index (χ0n) is 34.3. The minimum absolute atomic E-state index is 0.0449. The Bertz CT molecular complexity index is 2240. The summed E-state index contributed by atoms with van der Waals surface area (Å²) >= 11 is 3.38. The number of nitrogens with zero attached hydrogens (tertiary/aromatic N) is 6. The fraction of sp³-hybridized carbons (Fsp3) is 0.500. The molecule has 6 rings (SSSR count). The van der Waals surface area contributed by atoms with Crippen LogP contribution in [0, 0.1) is 12.8 Å². The van der Waals surface area contributed by atoms with Gasteiger partial charge in [-0.25, -0.2) is 19.5 Å². The van der Waals surface area contributed by atoms with Gasteiger partial charge >= 0.3 is 7.82 Å². The van der Waals surface area contributed by atoms with Gasteiger partial charge in [-0.2, -0.15) is 5.10 Å². The lowest BCUT2D eigenvalue weighted by atomic mass is 10.0. The van der Waals surface area contributed by atoms with Gasteiger partial charge in [0.25, 0.3) is 0 Å². The first kappa shape index (κ1) is 45.0. The van der Waals surface area contributed by atoms with Gasteiger partial charge in [-0.1, -0.05) is 31.9 Å². The van der Waals surface area contributed by atoms with E-state index in [1.54, 1.807) is 40.2 Å². The first-order chi connectivity index (χ1) is 28.8. The van der Waals surface area contributed by atoms with E-state index in [1.807, 2.05) is 19.1 Å². The molecule has 20 heteroatoms. The number of aromatic nitrogens is 5. The molecule has 0 unspecified atom stereocenters. The third-order valence-corrected chi connectivity index (χ3v) is 12.5. The first-order valence-corrected chi connectivity index (χ1v) is 21.9. The second kappa shape index (κ2) is 19.9. The van der Waals surface area contributed by atoms with Gasteiger partial charge in [-0.05, 0) is 77.4 Å². The number of anilines is 1. The largest absolute Gasteiger partial charge is 0.475 e. The number of carbonyl (C=O) groups is 4. The number of phosphoric acid groups is 1. The van der Waals surface area contributed by atoms with Crippen LogP contribution < -0.4 is 10.6 Å². The minimum atomic E-state index is -4.05. The lowest BCUT2D eigenvalue weighted by Gasteiger charge is -2.34. The van der Waals surface area contributed by atoms with E-state index >= 15 is 0 Å². The summed E-state index contributed by atoms with van der Waals surface area (Å²) in [6, 6.07) is 8.42. The van der Waals surface area contributed by atoms with E-state index in [4.69, 9.17) is 23.0 Å². The van der Waals surface area contributed by atoms with Crippen molar-refractivity contribution in [3.8, 4) is 11.1 Å². The van der Waals surface area contributed by atoms with Crippen LogP contribution in [-0.2, 0) is 55.1 Å². The molecule has 2 aliphatic rings. The van der Waals surface area contributed by atoms with Gasteiger partial charge in [0, 0.05) is 50.0 Å². The number of phosphoric ester groups is 1. The van der Waals surface area contributed by atoms with Gasteiger partial charge < -0.3 is 25.0 Å². The summed E-state index contributed by atoms with van der Waals surface area (Å²) in [5.74, 6) is -0.422. The molecule has 322 valence electrons. The molecule has 3 atom stereocenters. The van der Waals surface area contributed by atoms with Gasteiger partial charge in [0.2, 0.25) is 17.7 Å². The van der Waals surface area contributed by atoms with Crippen LogP contribution in [0.3, 0.4) is 0 Å². The maximum absolute atomic E-state index is 14.4. The van der Waals surface area contributed by atoms with Crippen LogP contribution in [0.4, 0.5) is 5.82 Å². The Labute approximate surface area is 356 Å². The van der Waals surface area contributed by atoms with Gasteiger partial charge in [0.1, 0.15) is 41.1 Å². The molecule has 4 aromatic rings. The topological polar surface area (TPSA) is 215 Å². The number of aryl methyl sites for hydroxylation is 1. The lowest BCUT2D eigenvalue weighted by molar-refractivity contribution is -0.141. The molecular weight excluding hydrogens is 863 g/mol. The molecular formula is C40H50BrN8O10P. The van der Waals surface area contributed by atoms with Crippen molar-refractivity contribution < 1.29 is 46.8 Å². The predicted molar refractivity (Wildman–Crippen MR) is 223 cm³/mol. The molecule has 1 saturated heterocycles. The number of amides is 3. The Kier molecular flexibility index (Phi) is 15.0. The molecule has 2 N–H and O–H groups in total. The summed E-state index contributed by atoms with van der Waals surface area (Å²) in [4.78, 5) is 68.7. The fourth-order valence-electron chi connectivity index (χ4n) is 7.52. The number of pyridine rings is 1. The molecule has 2 fully saturated rings. The normalized spacial score (nSPS) is 18.4. The summed E-state index contributed by atoms with van der Waals surface area (Å²) in [7, 11) is -1.14. The number of carbonyl (C=O) groups excluding carboxylic acids is 4. The molecule has 0 spiro atoms. The number of hydrogen-bond acceptors (Lipinski definition) is 14. The van der Waals surface area contributed by atoms with Crippen molar-refractivity contribution in [1.29, 1.82) is 0 Å². The van der Waals surface area contributed by atoms with Crippen LogP contribution in [0.5, 0.6) is 0 Å². The number of hydrogen-bond donors (Lipinski definition) is 2. The number of rotatable bonds is 22. The van der Waals surface area contributed by atoms with Crippen LogP contribution in [0.2, 0.25) is 0 Å². The van der Waals surface area contributed by atoms with E-state index < -0.39 is 26.4 Å². The second-order valence-electron chi connectivity index (χ2n) is 14.7. The molecule has 1 aromatic carbocycles. The van der Waals surface area contributed by atoms with Crippen molar-refractivity contribution in [1.82, 2.24) is 34.9 Å². The summed E-state index contributed by atoms with van der Waals surface area (Å²) in [5.41, 5.74) is 2.54. The lowest BCUT2D eigenvalue weighted by Crippen LogP contribution is -2.51. The third-order valence-electron chi connectivity index (χ3n) is 10.6. The Morgan fingerprint density at radius 3 is 2.37 bits per heavy atom. The van der Waals surface area contributed by atoms with Crippen molar-refractivity contribution in [2.45, 2.75) is 77.5 Å². The smallest absolute Gasteiger partial charge is 0.382 e. The molecule has 3 amide bonds. The quantitative estimate of drug-likeness (QED) is 0.0436. The van der Waals surface area contributed by atoms with Crippen LogP contribution in [0.25, 0.3) is 22.0 Å². The molecule has 1 saturated carbocycles. The van der Waals surface area contributed by atoms with Crippen LogP contribution in [0.15, 0.2) is 47.3 Å². The molecule has 0 bridgehead atoms. The molecule has 18 nitrogen and oxygen atoms in total. The monoisotopic (exact) mass is 912 g/mol. The Hall–Kier alpha value is -4.49. The van der Waals surface area contributed by atoms with Crippen molar-refractivity contribution in [3.05, 3.63) is 64.4 Å². The first-order valence-electron chi connectivity index (χ1n) is 19.7. The van der Waals surface area contributed by atoms with Crippen LogP contribution in [-0.4, -0.2) is 112 Å². The number of halogens is 1. The second-order valence-corrected chi connectivity index (χ2v) is 17.2. The third kappa shape index (κ3) is 10.5. The Morgan fingerprint density at radius 2 is 1.70 bits per heavy atom. The minimum Gasteiger partial charge on any atom is -0.382 e. The number of likely N-dealkylation sites (tertiary alicyclic amines) is 1. The SMILES string of the molecule is CCCC[C@@]12C[C@@H]1C[C@@H](C(=O)Nc1nc(Br)ccc1C)N2C(=O)Cn1nc(C(C)=O)c2cc(-c3cnc(CNC(=O)COP(=O)(OCCOC)OCCOC)nc3)ccc21. The highest BCUT2D eigenvalue weighted by Crippen LogP contribution is 2.61. The highest BCUT2D eigenvalue weighted by atomic mass is 79.9. The van der Waals surface area contributed by atoms with E-state index in [9.17, 15) is 23.7 Å². The van der Waals surface area contributed by atoms with Gasteiger partial charge in [-0.15, -0.1) is 0 Å². The van der Waals surface area contributed by atoms with Gasteiger partial charge in [0.15, 0.2) is 5.78 Å². The van der Waals surface area contributed by atoms with Gasteiger partial charge in [0.05, 0.1) is 38.5 Å². The van der Waals surface area contributed by atoms with Crippen LogP contribution in [0.1, 0.15) is 67.8 Å². The Balaban J connectivity index is 1.14. The number of Topliss-reactive ketones (excluding diaryl/α,β-unsaturated/α-hetero) is 1. The van der Waals surface area contributed by atoms with Crippen molar-refractivity contribution in [2.75, 3.05) is 52.6 Å². The standard InChI is InChI=1S/C40H50BrN8O10P/c1-6-7-12-40-19-29(40)18-32(39(53)46-38-25(2)8-11-33(41)45-38)49(40)36(52)23-48-31-10-9-27(17-30(31)37(47-48)26(3)50)28-20-42-34(43-21-28)22-44-35(51)24-59-60(54,57-15-13-55-4)58-16-14-56-5/h8-11,17,20-21,29,32H,6-7,12-16,18-19,22-24H2,1-5H3,(H,44,51)(H,45,46,53)/t29-,32-,40+/m0/s1. The molecule has 1 aliphatic heterocycles. The number of methoxy groups -OCH3 is 2. The van der Waals surface area contributed by atoms with E-state index in [1.165, 1.54) is 21.1 Å². The maximum Gasteiger partial charge on any atom is 0.475 e. The molecule has 60 heavy (non-hydrogen) atoms. The Morgan fingerprint density at radius 1 is 0.983 bits per heavy atom. The average Bonchev–Trinajstić information content (AvgIpc) is 3.65. The number of nitrogens with one attached hydrogen (secondary N) is 2. The summed E-state index contributed by atoms with van der Waals surface area (Å²) in [5, 5.41) is 10.7. The van der Waals surface area contributed by atoms with E-state index in [-0.39, 0.29) is 74.3 Å². The zero-order chi connectivity index (χ0) is 43.0. The van der Waals surface area contributed by atoms with E-state index in [0.29, 0.717) is 44.7 Å². The number of piperidine rings is 1.